The molecule has 0 spiro atoms. The summed E-state index contributed by atoms with van der Waals surface area (Å²) in [7, 11) is 3.05. The van der Waals surface area contributed by atoms with Crippen LogP contribution in [-0.2, 0) is 4.79 Å². The third-order valence-corrected chi connectivity index (χ3v) is 3.22. The van der Waals surface area contributed by atoms with Crippen molar-refractivity contribution >= 4 is 24.0 Å². The largest absolute Gasteiger partial charge is 0.493 e. The maximum Gasteiger partial charge on any atom is 0.248 e. The molecule has 0 unspecified atom stereocenters. The average molecular weight is 329 g/mol. The van der Waals surface area contributed by atoms with Gasteiger partial charge in [-0.2, -0.15) is 0 Å². The number of carbonyl (C=O) groups is 2. The highest BCUT2D eigenvalue weighted by molar-refractivity contribution is 6.02. The van der Waals surface area contributed by atoms with Crippen LogP contribution >= 0.6 is 0 Å². The zero-order valence-electron chi connectivity index (χ0n) is 13.2. The van der Waals surface area contributed by atoms with Gasteiger partial charge in [-0.15, -0.1) is 0 Å². The number of ether oxygens (including phenoxy) is 2. The van der Waals surface area contributed by atoms with Gasteiger partial charge in [-0.3, -0.25) is 9.59 Å². The Balaban J connectivity index is 2.12. The number of carbonyl (C=O) groups excluding carboxylic acids is 2. The number of anilines is 1. The fourth-order valence-corrected chi connectivity index (χ4v) is 2.01. The molecule has 2 aromatic rings. The van der Waals surface area contributed by atoms with Crippen molar-refractivity contribution in [2.75, 3.05) is 19.5 Å². The molecule has 0 aromatic heterocycles. The van der Waals surface area contributed by atoms with Crippen LogP contribution < -0.4 is 14.8 Å². The highest BCUT2D eigenvalue weighted by Gasteiger charge is 2.07. The van der Waals surface area contributed by atoms with E-state index >= 15 is 0 Å². The van der Waals surface area contributed by atoms with Crippen LogP contribution in [0, 0.1) is 5.82 Å². The van der Waals surface area contributed by atoms with E-state index in [1.165, 1.54) is 32.4 Å². The predicted octanol–water partition coefficient (Wildman–Crippen LogP) is 3.31. The molecule has 0 radical (unpaired) electrons. The van der Waals surface area contributed by atoms with Gasteiger partial charge in [0, 0.05) is 11.6 Å². The van der Waals surface area contributed by atoms with Crippen LogP contribution in [-0.4, -0.2) is 26.4 Å². The molecule has 124 valence electrons. The van der Waals surface area contributed by atoms with Gasteiger partial charge in [0.25, 0.3) is 0 Å². The Morgan fingerprint density at radius 1 is 1.04 bits per heavy atom. The van der Waals surface area contributed by atoms with Gasteiger partial charge < -0.3 is 14.8 Å². The fraction of sp³-hybridized carbons (Fsp3) is 0.111. The zero-order valence-corrected chi connectivity index (χ0v) is 13.2. The van der Waals surface area contributed by atoms with E-state index in [0.29, 0.717) is 23.3 Å². The monoisotopic (exact) mass is 329 g/mol. The average Bonchev–Trinajstić information content (AvgIpc) is 2.61. The Bertz CT molecular complexity index is 787. The maximum absolute atomic E-state index is 13.6. The Labute approximate surface area is 138 Å². The molecule has 0 aliphatic rings. The molecule has 2 rings (SSSR count). The van der Waals surface area contributed by atoms with Crippen LogP contribution in [0.5, 0.6) is 11.5 Å². The van der Waals surface area contributed by atoms with Crippen molar-refractivity contribution in [3.05, 3.63) is 59.4 Å². The molecule has 2 aromatic carbocycles. The standard InChI is InChI=1S/C18H16FNO4/c1-23-16-7-4-12(10-17(16)24-2)5-8-18(22)20-15-9-13(11-21)3-6-14(15)19/h3-11H,1-2H3,(H,20,22)/b8-5+. The van der Waals surface area contributed by atoms with E-state index < -0.39 is 11.7 Å². The van der Waals surface area contributed by atoms with E-state index in [-0.39, 0.29) is 11.3 Å². The van der Waals surface area contributed by atoms with E-state index in [1.54, 1.807) is 24.3 Å². The van der Waals surface area contributed by atoms with Gasteiger partial charge in [-0.05, 0) is 42.0 Å². The van der Waals surface area contributed by atoms with E-state index in [4.69, 9.17) is 9.47 Å². The van der Waals surface area contributed by atoms with E-state index in [9.17, 15) is 14.0 Å². The lowest BCUT2D eigenvalue weighted by Gasteiger charge is -2.07. The maximum atomic E-state index is 13.6. The van der Waals surface area contributed by atoms with Crippen molar-refractivity contribution in [1.29, 1.82) is 0 Å². The molecule has 0 bridgehead atoms. The minimum atomic E-state index is -0.617. The van der Waals surface area contributed by atoms with Crippen LogP contribution in [0.3, 0.4) is 0 Å². The smallest absolute Gasteiger partial charge is 0.248 e. The normalized spacial score (nSPS) is 10.5. The van der Waals surface area contributed by atoms with E-state index in [0.717, 1.165) is 6.07 Å². The number of methoxy groups -OCH3 is 2. The summed E-state index contributed by atoms with van der Waals surface area (Å²) < 4.78 is 23.9. The number of nitrogens with one attached hydrogen (secondary N) is 1. The van der Waals surface area contributed by atoms with Crippen molar-refractivity contribution < 1.29 is 23.5 Å². The van der Waals surface area contributed by atoms with E-state index in [1.807, 2.05) is 0 Å². The van der Waals surface area contributed by atoms with Crippen LogP contribution in [0.25, 0.3) is 6.08 Å². The molecule has 1 N–H and O–H groups in total. The quantitative estimate of drug-likeness (QED) is 0.652. The first-order chi connectivity index (χ1) is 11.6. The Morgan fingerprint density at radius 2 is 1.75 bits per heavy atom. The summed E-state index contributed by atoms with van der Waals surface area (Å²) in [4.78, 5) is 22.6. The molecule has 0 aliphatic carbocycles. The summed E-state index contributed by atoms with van der Waals surface area (Å²) in [5.74, 6) is -0.0307. The highest BCUT2D eigenvalue weighted by atomic mass is 19.1. The zero-order chi connectivity index (χ0) is 17.5. The van der Waals surface area contributed by atoms with Crippen molar-refractivity contribution in [2.24, 2.45) is 0 Å². The van der Waals surface area contributed by atoms with Gasteiger partial charge in [-0.1, -0.05) is 6.07 Å². The van der Waals surface area contributed by atoms with Crippen molar-refractivity contribution in [2.45, 2.75) is 0 Å². The van der Waals surface area contributed by atoms with Crippen LogP contribution in [0.2, 0.25) is 0 Å². The summed E-state index contributed by atoms with van der Waals surface area (Å²) in [6.07, 6.45) is 3.39. The first kappa shape index (κ1) is 17.2. The second-order valence-electron chi connectivity index (χ2n) is 4.79. The lowest BCUT2D eigenvalue weighted by molar-refractivity contribution is -0.111. The number of amides is 1. The minimum absolute atomic E-state index is 0.0541. The molecule has 0 aliphatic heterocycles. The summed E-state index contributed by atoms with van der Waals surface area (Å²) in [6, 6.07) is 8.89. The fourth-order valence-electron chi connectivity index (χ4n) is 2.01. The summed E-state index contributed by atoms with van der Waals surface area (Å²) in [5.41, 5.74) is 0.932. The van der Waals surface area contributed by atoms with Gasteiger partial charge in [0.2, 0.25) is 5.91 Å². The number of benzene rings is 2. The summed E-state index contributed by atoms with van der Waals surface area (Å²) in [6.45, 7) is 0. The molecule has 6 heteroatoms. The van der Waals surface area contributed by atoms with Gasteiger partial charge in [-0.25, -0.2) is 4.39 Å². The third kappa shape index (κ3) is 4.19. The van der Waals surface area contributed by atoms with Gasteiger partial charge in [0.05, 0.1) is 19.9 Å². The summed E-state index contributed by atoms with van der Waals surface area (Å²) in [5, 5.41) is 2.39. The topological polar surface area (TPSA) is 64.6 Å². The van der Waals surface area contributed by atoms with Gasteiger partial charge >= 0.3 is 0 Å². The van der Waals surface area contributed by atoms with E-state index in [2.05, 4.69) is 5.32 Å². The highest BCUT2D eigenvalue weighted by Crippen LogP contribution is 2.28. The van der Waals surface area contributed by atoms with Crippen LogP contribution in [0.1, 0.15) is 15.9 Å². The summed E-state index contributed by atoms with van der Waals surface area (Å²) >= 11 is 0. The molecular weight excluding hydrogens is 313 g/mol. The number of rotatable bonds is 6. The molecule has 5 nitrogen and oxygen atoms in total. The molecule has 0 saturated carbocycles. The van der Waals surface area contributed by atoms with Crippen molar-refractivity contribution in [3.8, 4) is 11.5 Å². The SMILES string of the molecule is COc1ccc(/C=C/C(=O)Nc2cc(C=O)ccc2F)cc1OC. The minimum Gasteiger partial charge on any atom is -0.493 e. The van der Waals surface area contributed by atoms with Gasteiger partial charge in [0.1, 0.15) is 12.1 Å². The Morgan fingerprint density at radius 3 is 2.42 bits per heavy atom. The van der Waals surface area contributed by atoms with Gasteiger partial charge in [0.15, 0.2) is 11.5 Å². The Kier molecular flexibility index (Phi) is 5.68. The number of aldehydes is 1. The second-order valence-corrected chi connectivity index (χ2v) is 4.79. The second kappa shape index (κ2) is 7.92. The molecule has 24 heavy (non-hydrogen) atoms. The van der Waals surface area contributed by atoms with Crippen molar-refractivity contribution in [1.82, 2.24) is 0 Å². The van der Waals surface area contributed by atoms with Crippen molar-refractivity contribution in [3.63, 3.8) is 0 Å². The number of halogens is 1. The molecule has 0 atom stereocenters. The lowest BCUT2D eigenvalue weighted by Crippen LogP contribution is -2.09. The molecular formula is C18H16FNO4. The first-order valence-electron chi connectivity index (χ1n) is 7.03. The first-order valence-corrected chi connectivity index (χ1v) is 7.03. The molecule has 1 amide bonds. The molecule has 0 saturated heterocycles. The molecule has 0 fully saturated rings. The van der Waals surface area contributed by atoms with Crippen LogP contribution in [0.4, 0.5) is 10.1 Å². The predicted molar refractivity (Wildman–Crippen MR) is 89.0 cm³/mol. The number of hydrogen-bond acceptors (Lipinski definition) is 4. The third-order valence-electron chi connectivity index (χ3n) is 3.22. The number of hydrogen-bond donors (Lipinski definition) is 1. The van der Waals surface area contributed by atoms with Crippen LogP contribution in [0.15, 0.2) is 42.5 Å². The molecule has 0 heterocycles. The lowest BCUT2D eigenvalue weighted by atomic mass is 10.2. The Hall–Kier alpha value is -3.15.